The Morgan fingerprint density at radius 2 is 0.706 bits per heavy atom. The van der Waals surface area contributed by atoms with E-state index >= 15 is 0 Å². The molecule has 0 aliphatic heterocycles. The normalized spacial score (nSPS) is 10.2. The van der Waals surface area contributed by atoms with Crippen LogP contribution in [0.25, 0.3) is 0 Å². The quantitative estimate of drug-likeness (QED) is 0.150. The van der Waals surface area contributed by atoms with Gasteiger partial charge in [0.05, 0.1) is 0 Å². The summed E-state index contributed by atoms with van der Waals surface area (Å²) in [6, 6.07) is 44.3. The molecule has 4 rings (SSSR count). The molecule has 177 valence electrons. The maximum Gasteiger partial charge on any atom is -0.0195 e. The fourth-order valence-corrected chi connectivity index (χ4v) is 8.59. The largest absolute Gasteiger partial charge is 0.0622 e. The molecule has 0 unspecified atom stereocenters. The molecule has 34 heavy (non-hydrogen) atoms. The van der Waals surface area contributed by atoms with E-state index in [9.17, 15) is 0 Å². The zero-order valence-electron chi connectivity index (χ0n) is 19.2. The van der Waals surface area contributed by atoms with Crippen LogP contribution in [0.1, 0.15) is 6.42 Å². The Labute approximate surface area is 224 Å². The topological polar surface area (TPSA) is 0 Å². The van der Waals surface area contributed by atoms with Gasteiger partial charge in [-0.15, -0.1) is 0 Å². The first-order chi connectivity index (χ1) is 16.8. The van der Waals surface area contributed by atoms with Gasteiger partial charge in [0.15, 0.2) is 0 Å². The predicted octanol–water partition coefficient (Wildman–Crippen LogP) is 7.19. The zero-order chi connectivity index (χ0) is 24.4. The fraction of sp³-hybridized carbons (Fsp3) is 0.100. The summed E-state index contributed by atoms with van der Waals surface area (Å²) < 4.78 is 0. The van der Waals surface area contributed by atoms with Gasteiger partial charge in [-0.3, -0.25) is 0 Å². The molecule has 0 bridgehead atoms. The van der Waals surface area contributed by atoms with Gasteiger partial charge < -0.3 is 0 Å². The molecule has 0 atom stereocenters. The molecular formula is C30H31ClP2Pd+. The smallest absolute Gasteiger partial charge is 0.0195 e. The zero-order valence-corrected chi connectivity index (χ0v) is 23.3. The number of hydrogen-bond acceptors (Lipinski definition) is 0. The van der Waals surface area contributed by atoms with Crippen LogP contribution in [0.15, 0.2) is 121 Å². The van der Waals surface area contributed by atoms with Gasteiger partial charge in [0.25, 0.3) is 0 Å². The van der Waals surface area contributed by atoms with Gasteiger partial charge >= 0.3 is 27.7 Å². The van der Waals surface area contributed by atoms with Crippen molar-refractivity contribution in [3.05, 3.63) is 142 Å². The maximum absolute atomic E-state index is 4.49. The third kappa shape index (κ3) is 9.75. The Hall–Kier alpha value is -1.31. The van der Waals surface area contributed by atoms with E-state index < -0.39 is 0 Å². The minimum atomic E-state index is -0.309. The molecule has 0 N–H and O–H groups in total. The van der Waals surface area contributed by atoms with Gasteiger partial charge in [-0.1, -0.05) is 121 Å². The van der Waals surface area contributed by atoms with Crippen LogP contribution in [0.3, 0.4) is 0 Å². The summed E-state index contributed by atoms with van der Waals surface area (Å²) in [6.07, 6.45) is 5.22. The average molecular weight is 595 g/mol. The minimum absolute atomic E-state index is 0.309. The van der Waals surface area contributed by atoms with Gasteiger partial charge in [-0.2, -0.15) is 0 Å². The van der Waals surface area contributed by atoms with E-state index in [1.54, 1.807) is 0 Å². The van der Waals surface area contributed by atoms with Crippen molar-refractivity contribution >= 4 is 46.6 Å². The predicted molar refractivity (Wildman–Crippen MR) is 153 cm³/mol. The van der Waals surface area contributed by atoms with Gasteiger partial charge in [0.1, 0.15) is 0 Å². The second kappa shape index (κ2) is 18.0. The first-order valence-electron chi connectivity index (χ1n) is 11.1. The second-order valence-corrected chi connectivity index (χ2v) is 12.0. The maximum atomic E-state index is 4.49. The van der Waals surface area contributed by atoms with Crippen LogP contribution in [0, 0.1) is 20.3 Å². The molecular weight excluding hydrogens is 564 g/mol. The van der Waals surface area contributed by atoms with Crippen molar-refractivity contribution in [2.75, 3.05) is 12.3 Å². The Morgan fingerprint density at radius 1 is 0.500 bits per heavy atom. The molecule has 0 saturated carbocycles. The molecule has 4 heteroatoms. The van der Waals surface area contributed by atoms with E-state index in [1.165, 1.54) is 46.4 Å². The Morgan fingerprint density at radius 3 is 0.912 bits per heavy atom. The molecule has 4 aromatic rings. The molecule has 0 amide bonds. The molecule has 3 radical (unpaired) electrons. The van der Waals surface area contributed by atoms with Crippen molar-refractivity contribution in [3.8, 4) is 0 Å². The fourth-order valence-electron chi connectivity index (χ4n) is 3.63. The van der Waals surface area contributed by atoms with Crippen molar-refractivity contribution in [2.24, 2.45) is 0 Å². The standard InChI is InChI=1S/C27H26P2.C3H5.ClH.Pd/c1-5-14-24(15-6-1)28(25-16-7-2-8-17-25)22-13-23-29(26-18-9-3-10-19-26)27-20-11-4-12-21-27;1-3-2;;/h1-12,14-21H,13,22-23H2;3H,1-2H2;1H;/q;;;+2/p-1. The summed E-state index contributed by atoms with van der Waals surface area (Å²) in [5.41, 5.74) is 0. The number of halogens is 1. The third-order valence-corrected chi connectivity index (χ3v) is 10.2. The second-order valence-electron chi connectivity index (χ2n) is 7.29. The number of rotatable bonds is 8. The van der Waals surface area contributed by atoms with Crippen LogP contribution in [-0.4, -0.2) is 12.3 Å². The molecule has 0 aliphatic carbocycles. The summed E-state index contributed by atoms with van der Waals surface area (Å²) in [4.78, 5) is 0. The molecule has 4 aromatic carbocycles. The Bertz CT molecular complexity index is 837. The Balaban J connectivity index is 0.000000758. The van der Waals surface area contributed by atoms with Crippen molar-refractivity contribution in [3.63, 3.8) is 0 Å². The molecule has 0 aromatic heterocycles. The molecule has 0 nitrogen and oxygen atoms in total. The summed E-state index contributed by atoms with van der Waals surface area (Å²) in [5, 5.41) is 5.94. The van der Waals surface area contributed by atoms with Gasteiger partial charge in [-0.25, -0.2) is 0 Å². The van der Waals surface area contributed by atoms with Crippen LogP contribution < -0.4 is 21.2 Å². The van der Waals surface area contributed by atoms with Gasteiger partial charge in [-0.05, 0) is 76.1 Å². The number of benzene rings is 4. The van der Waals surface area contributed by atoms with E-state index in [1.807, 2.05) is 0 Å². The summed E-state index contributed by atoms with van der Waals surface area (Å²) >= 11 is 2.22. The summed E-state index contributed by atoms with van der Waals surface area (Å²) in [6.45, 7) is 6.50. The van der Waals surface area contributed by atoms with E-state index in [2.05, 4.69) is 163 Å². The van der Waals surface area contributed by atoms with Crippen LogP contribution in [0.2, 0.25) is 0 Å². The average Bonchev–Trinajstić information content (AvgIpc) is 2.92. The van der Waals surface area contributed by atoms with E-state index in [-0.39, 0.29) is 15.8 Å². The minimum Gasteiger partial charge on any atom is -0.0622 e. The molecule has 0 fully saturated rings. The summed E-state index contributed by atoms with van der Waals surface area (Å²) in [7, 11) is 3.87. The number of hydrogen-bond donors (Lipinski definition) is 0. The molecule has 0 saturated heterocycles. The SMILES string of the molecule is [CH2][CH][CH2].[Cl][Pd+].c1ccc(P(CCCP(c2ccccc2)c2ccccc2)c2ccccc2)cc1. The molecule has 0 heterocycles. The van der Waals surface area contributed by atoms with Crippen LogP contribution in [0.4, 0.5) is 0 Å². The van der Waals surface area contributed by atoms with E-state index in [0.29, 0.717) is 0 Å². The van der Waals surface area contributed by atoms with Gasteiger partial charge in [0.2, 0.25) is 0 Å². The monoisotopic (exact) mass is 594 g/mol. The van der Waals surface area contributed by atoms with Crippen molar-refractivity contribution in [1.29, 1.82) is 0 Å². The van der Waals surface area contributed by atoms with E-state index in [4.69, 9.17) is 0 Å². The van der Waals surface area contributed by atoms with Crippen molar-refractivity contribution in [1.82, 2.24) is 0 Å². The summed E-state index contributed by atoms with van der Waals surface area (Å²) in [5.74, 6) is 0. The molecule has 0 aliphatic rings. The van der Waals surface area contributed by atoms with Gasteiger partial charge in [0, 0.05) is 0 Å². The van der Waals surface area contributed by atoms with Crippen LogP contribution in [0.5, 0.6) is 0 Å². The Kier molecular flexibility index (Phi) is 15.3. The first-order valence-corrected chi connectivity index (χ1v) is 16.2. The van der Waals surface area contributed by atoms with Crippen LogP contribution in [-0.2, 0) is 18.2 Å². The van der Waals surface area contributed by atoms with Crippen LogP contribution >= 0.6 is 25.4 Å². The molecule has 0 spiro atoms. The van der Waals surface area contributed by atoms with Crippen molar-refractivity contribution < 1.29 is 18.2 Å². The van der Waals surface area contributed by atoms with Crippen molar-refractivity contribution in [2.45, 2.75) is 6.42 Å². The van der Waals surface area contributed by atoms with E-state index in [0.717, 1.165) is 0 Å². The first kappa shape index (κ1) is 28.9. The third-order valence-electron chi connectivity index (χ3n) is 5.03.